The number of hydrogen-bond donors (Lipinski definition) is 0. The number of methoxy groups -OCH3 is 2. The Morgan fingerprint density at radius 1 is 1.07 bits per heavy atom. The summed E-state index contributed by atoms with van der Waals surface area (Å²) >= 11 is 0. The minimum Gasteiger partial charge on any atom is -0.496 e. The van der Waals surface area contributed by atoms with Gasteiger partial charge in [-0.15, -0.1) is 0 Å². The van der Waals surface area contributed by atoms with Crippen molar-refractivity contribution in [3.63, 3.8) is 0 Å². The number of rotatable bonds is 3. The van der Waals surface area contributed by atoms with Gasteiger partial charge in [-0.05, 0) is 43.2 Å². The number of carbonyl (C=O) groups excluding carboxylic acids is 2. The summed E-state index contributed by atoms with van der Waals surface area (Å²) in [5.41, 5.74) is 2.59. The van der Waals surface area contributed by atoms with E-state index in [9.17, 15) is 9.59 Å². The lowest BCUT2D eigenvalue weighted by Crippen LogP contribution is -2.52. The number of carbonyl (C=O) groups is 2. The first-order valence-electron chi connectivity index (χ1n) is 10.2. The molecule has 0 N–H and O–H groups in total. The van der Waals surface area contributed by atoms with Gasteiger partial charge in [-0.25, -0.2) is 0 Å². The summed E-state index contributed by atoms with van der Waals surface area (Å²) in [5.74, 6) is 1.66. The lowest BCUT2D eigenvalue weighted by atomic mass is 9.81. The number of piperidine rings is 1. The molecule has 2 heterocycles. The van der Waals surface area contributed by atoms with Gasteiger partial charge in [0.25, 0.3) is 5.91 Å². The van der Waals surface area contributed by atoms with Gasteiger partial charge in [0.05, 0.1) is 26.2 Å². The van der Waals surface area contributed by atoms with Crippen LogP contribution in [0.4, 0.5) is 0 Å². The topological polar surface area (TPSA) is 65.1 Å². The molecule has 2 aliphatic heterocycles. The molecule has 0 unspecified atom stereocenters. The van der Waals surface area contributed by atoms with Crippen molar-refractivity contribution in [1.29, 1.82) is 0 Å². The maximum atomic E-state index is 13.2. The van der Waals surface area contributed by atoms with Gasteiger partial charge in [0.1, 0.15) is 28.4 Å². The number of benzene rings is 2. The maximum Gasteiger partial charge on any atom is 0.261 e. The third-order valence-electron chi connectivity index (χ3n) is 6.12. The second-order valence-electron chi connectivity index (χ2n) is 8.17. The van der Waals surface area contributed by atoms with Crippen molar-refractivity contribution in [3.05, 3.63) is 52.6 Å². The molecule has 2 aromatic carbocycles. The van der Waals surface area contributed by atoms with Crippen LogP contribution in [0.5, 0.6) is 17.2 Å². The summed E-state index contributed by atoms with van der Waals surface area (Å²) < 4.78 is 17.2. The zero-order valence-electron chi connectivity index (χ0n) is 17.9. The predicted molar refractivity (Wildman–Crippen MR) is 113 cm³/mol. The zero-order valence-corrected chi connectivity index (χ0v) is 17.9. The van der Waals surface area contributed by atoms with Crippen LogP contribution >= 0.6 is 0 Å². The third kappa shape index (κ3) is 3.40. The highest BCUT2D eigenvalue weighted by Crippen LogP contribution is 2.42. The summed E-state index contributed by atoms with van der Waals surface area (Å²) in [4.78, 5) is 27.9. The Morgan fingerprint density at radius 3 is 2.30 bits per heavy atom. The molecule has 2 aromatic rings. The van der Waals surface area contributed by atoms with Crippen molar-refractivity contribution in [1.82, 2.24) is 4.90 Å². The Bertz CT molecular complexity index is 983. The third-order valence-corrected chi connectivity index (χ3v) is 6.12. The van der Waals surface area contributed by atoms with Crippen molar-refractivity contribution >= 4 is 11.7 Å². The molecule has 0 bridgehead atoms. The molecule has 0 aromatic heterocycles. The molecular weight excluding hydrogens is 382 g/mol. The molecule has 6 heteroatoms. The first kappa shape index (κ1) is 20.3. The normalized spacial score (nSPS) is 17.3. The van der Waals surface area contributed by atoms with Gasteiger partial charge >= 0.3 is 0 Å². The van der Waals surface area contributed by atoms with Crippen molar-refractivity contribution < 1.29 is 23.8 Å². The Labute approximate surface area is 176 Å². The van der Waals surface area contributed by atoms with Gasteiger partial charge in [0.2, 0.25) is 0 Å². The molecule has 158 valence electrons. The molecule has 1 amide bonds. The highest BCUT2D eigenvalue weighted by atomic mass is 16.5. The van der Waals surface area contributed by atoms with E-state index < -0.39 is 5.60 Å². The number of Topliss-reactive ketones (excluding diaryl/α,β-unsaturated/α-hetero) is 1. The van der Waals surface area contributed by atoms with Gasteiger partial charge in [0, 0.05) is 25.9 Å². The van der Waals surface area contributed by atoms with Crippen molar-refractivity contribution in [2.75, 3.05) is 27.3 Å². The smallest absolute Gasteiger partial charge is 0.261 e. The van der Waals surface area contributed by atoms with Crippen molar-refractivity contribution in [2.24, 2.45) is 0 Å². The summed E-state index contributed by atoms with van der Waals surface area (Å²) in [5, 5.41) is 0. The van der Waals surface area contributed by atoms with Gasteiger partial charge in [0.15, 0.2) is 5.78 Å². The first-order chi connectivity index (χ1) is 14.4. The van der Waals surface area contributed by atoms with E-state index in [0.717, 1.165) is 11.1 Å². The van der Waals surface area contributed by atoms with Crippen LogP contribution in [-0.2, 0) is 0 Å². The highest BCUT2D eigenvalue weighted by Gasteiger charge is 2.44. The average molecular weight is 409 g/mol. The van der Waals surface area contributed by atoms with Gasteiger partial charge in [-0.1, -0.05) is 12.1 Å². The second kappa shape index (κ2) is 7.67. The molecule has 1 spiro atoms. The summed E-state index contributed by atoms with van der Waals surface area (Å²) in [6.45, 7) is 4.98. The number of nitrogens with zero attached hydrogens (tertiary/aromatic N) is 1. The highest BCUT2D eigenvalue weighted by molar-refractivity contribution is 6.01. The van der Waals surface area contributed by atoms with E-state index in [1.54, 1.807) is 37.3 Å². The number of fused-ring (bicyclic) bond motifs is 1. The average Bonchev–Trinajstić information content (AvgIpc) is 2.74. The molecule has 30 heavy (non-hydrogen) atoms. The van der Waals surface area contributed by atoms with E-state index in [1.807, 2.05) is 26.0 Å². The van der Waals surface area contributed by atoms with E-state index in [1.165, 1.54) is 0 Å². The fourth-order valence-corrected chi connectivity index (χ4v) is 4.55. The summed E-state index contributed by atoms with van der Waals surface area (Å²) in [7, 11) is 3.08. The minimum absolute atomic E-state index is 0.120. The Morgan fingerprint density at radius 2 is 1.70 bits per heavy atom. The molecule has 0 aliphatic carbocycles. The van der Waals surface area contributed by atoms with Crippen LogP contribution in [-0.4, -0.2) is 49.5 Å². The molecule has 1 saturated heterocycles. The fourth-order valence-electron chi connectivity index (χ4n) is 4.55. The SMILES string of the molecule is COc1cccc(OC)c1C(=O)N1CCC2(CC1)CC(=O)c1cc(C)cc(C)c1O2. The molecule has 1 fully saturated rings. The Balaban J connectivity index is 1.55. The Hall–Kier alpha value is -3.02. The fraction of sp³-hybridized carbons (Fsp3) is 0.417. The predicted octanol–water partition coefficient (Wildman–Crippen LogP) is 3.96. The van der Waals surface area contributed by atoms with Crippen LogP contribution in [0.3, 0.4) is 0 Å². The number of ketones is 1. The second-order valence-corrected chi connectivity index (χ2v) is 8.17. The van der Waals surface area contributed by atoms with Crippen LogP contribution in [0.1, 0.15) is 51.1 Å². The lowest BCUT2D eigenvalue weighted by Gasteiger charge is -2.44. The Kier molecular flexibility index (Phi) is 5.18. The standard InChI is InChI=1S/C24H27NO5/c1-15-12-16(2)22-17(13-15)18(26)14-24(30-22)8-10-25(11-9-24)23(27)21-19(28-3)6-5-7-20(21)29-4/h5-7,12-13H,8-11,14H2,1-4H3. The molecular formula is C24H27NO5. The molecule has 0 radical (unpaired) electrons. The van der Waals surface area contributed by atoms with E-state index in [0.29, 0.717) is 60.7 Å². The largest absolute Gasteiger partial charge is 0.496 e. The number of likely N-dealkylation sites (tertiary alicyclic amines) is 1. The minimum atomic E-state index is -0.550. The maximum absolute atomic E-state index is 13.2. The van der Waals surface area contributed by atoms with E-state index >= 15 is 0 Å². The van der Waals surface area contributed by atoms with E-state index in [4.69, 9.17) is 14.2 Å². The monoisotopic (exact) mass is 409 g/mol. The quantitative estimate of drug-likeness (QED) is 0.768. The summed E-state index contributed by atoms with van der Waals surface area (Å²) in [6.07, 6.45) is 1.56. The molecule has 0 atom stereocenters. The molecule has 6 nitrogen and oxygen atoms in total. The van der Waals surface area contributed by atoms with Crippen molar-refractivity contribution in [2.45, 2.75) is 38.7 Å². The van der Waals surface area contributed by atoms with Crippen LogP contribution < -0.4 is 14.2 Å². The number of hydrogen-bond acceptors (Lipinski definition) is 5. The van der Waals surface area contributed by atoms with E-state index in [2.05, 4.69) is 0 Å². The first-order valence-corrected chi connectivity index (χ1v) is 10.2. The van der Waals surface area contributed by atoms with Crippen LogP contribution in [0, 0.1) is 13.8 Å². The van der Waals surface area contributed by atoms with Gasteiger partial charge < -0.3 is 19.1 Å². The van der Waals surface area contributed by atoms with Crippen LogP contribution in [0.2, 0.25) is 0 Å². The molecule has 2 aliphatic rings. The molecule has 0 saturated carbocycles. The van der Waals surface area contributed by atoms with Crippen LogP contribution in [0.15, 0.2) is 30.3 Å². The van der Waals surface area contributed by atoms with E-state index in [-0.39, 0.29) is 11.7 Å². The summed E-state index contributed by atoms with van der Waals surface area (Å²) in [6, 6.07) is 9.25. The number of ether oxygens (including phenoxy) is 3. The van der Waals surface area contributed by atoms with Gasteiger partial charge in [-0.3, -0.25) is 9.59 Å². The zero-order chi connectivity index (χ0) is 21.5. The van der Waals surface area contributed by atoms with Gasteiger partial charge in [-0.2, -0.15) is 0 Å². The van der Waals surface area contributed by atoms with Crippen molar-refractivity contribution in [3.8, 4) is 17.2 Å². The molecule has 4 rings (SSSR count). The lowest BCUT2D eigenvalue weighted by molar-refractivity contribution is -0.00629. The van der Waals surface area contributed by atoms with Crippen LogP contribution in [0.25, 0.3) is 0 Å². The number of amides is 1. The number of aryl methyl sites for hydroxylation is 2.